The molecule has 2 heterocycles. The number of nitrogens with one attached hydrogen (secondary N) is 2. The third-order valence-electron chi connectivity index (χ3n) is 3.11. The summed E-state index contributed by atoms with van der Waals surface area (Å²) in [5.41, 5.74) is 0.226. The molecule has 2 N–H and O–H groups in total. The summed E-state index contributed by atoms with van der Waals surface area (Å²) >= 11 is 0. The molecule has 1 aliphatic carbocycles. The fourth-order valence-corrected chi connectivity index (χ4v) is 1.84. The Hall–Kier alpha value is -1.89. The highest BCUT2D eigenvalue weighted by molar-refractivity contribution is 5.44. The van der Waals surface area contributed by atoms with Gasteiger partial charge in [-0.3, -0.25) is 0 Å². The Morgan fingerprint density at radius 3 is 3.17 bits per heavy atom. The van der Waals surface area contributed by atoms with Gasteiger partial charge in [0, 0.05) is 26.2 Å². The number of anilines is 1. The van der Waals surface area contributed by atoms with Gasteiger partial charge in [-0.2, -0.15) is 9.61 Å². The summed E-state index contributed by atoms with van der Waals surface area (Å²) in [6, 6.07) is 4.36. The van der Waals surface area contributed by atoms with Gasteiger partial charge in [0.25, 0.3) is 0 Å². The van der Waals surface area contributed by atoms with Crippen LogP contribution in [0.5, 0.6) is 0 Å². The van der Waals surface area contributed by atoms with Crippen LogP contribution in [-0.4, -0.2) is 46.0 Å². The molecule has 0 spiro atoms. The van der Waals surface area contributed by atoms with E-state index < -0.39 is 0 Å². The Balaban J connectivity index is 1.71. The fourth-order valence-electron chi connectivity index (χ4n) is 1.84. The summed E-state index contributed by atoms with van der Waals surface area (Å²) in [6.07, 6.45) is 2.58. The van der Waals surface area contributed by atoms with Crippen LogP contribution in [0.4, 0.5) is 5.82 Å². The molecule has 0 saturated heterocycles. The first-order chi connectivity index (χ1) is 8.74. The van der Waals surface area contributed by atoms with Crippen molar-refractivity contribution in [1.82, 2.24) is 25.1 Å². The van der Waals surface area contributed by atoms with Gasteiger partial charge in [-0.15, -0.1) is 5.10 Å². The van der Waals surface area contributed by atoms with Crippen LogP contribution in [0.3, 0.4) is 0 Å². The normalized spacial score (nSPS) is 15.2. The van der Waals surface area contributed by atoms with Crippen LogP contribution in [0.1, 0.15) is 12.8 Å². The Kier molecular flexibility index (Phi) is 2.75. The molecule has 0 aliphatic heterocycles. The van der Waals surface area contributed by atoms with E-state index in [2.05, 4.69) is 20.6 Å². The number of hydrogen-bond acceptors (Lipinski definition) is 5. The van der Waals surface area contributed by atoms with Crippen LogP contribution in [0.2, 0.25) is 0 Å². The van der Waals surface area contributed by atoms with Gasteiger partial charge in [0.1, 0.15) is 5.82 Å². The lowest BCUT2D eigenvalue weighted by Gasteiger charge is -2.17. The van der Waals surface area contributed by atoms with Crippen molar-refractivity contribution in [2.75, 3.05) is 25.0 Å². The number of H-pyrrole nitrogens is 1. The zero-order chi connectivity index (χ0) is 12.5. The lowest BCUT2D eigenvalue weighted by Crippen LogP contribution is -2.31. The molecule has 2 aromatic rings. The number of rotatable bonds is 5. The van der Waals surface area contributed by atoms with E-state index in [0.717, 1.165) is 18.9 Å². The molecule has 1 saturated carbocycles. The molecular weight excluding hydrogens is 232 g/mol. The average Bonchev–Trinajstić information content (AvgIpc) is 3.13. The van der Waals surface area contributed by atoms with E-state index in [1.54, 1.807) is 6.07 Å². The minimum Gasteiger partial charge on any atom is -0.357 e. The molecule has 0 aromatic carbocycles. The SMILES string of the molecule is CN(CCNC1CC1)c1ccc2n[nH]c(=O)n2n1. The van der Waals surface area contributed by atoms with Crippen LogP contribution >= 0.6 is 0 Å². The third kappa shape index (κ3) is 2.21. The first-order valence-corrected chi connectivity index (χ1v) is 6.13. The van der Waals surface area contributed by atoms with E-state index in [-0.39, 0.29) is 5.69 Å². The Morgan fingerprint density at radius 2 is 2.39 bits per heavy atom. The van der Waals surface area contributed by atoms with Crippen molar-refractivity contribution < 1.29 is 0 Å². The van der Waals surface area contributed by atoms with Crippen molar-refractivity contribution in [3.8, 4) is 0 Å². The Labute approximate surface area is 104 Å². The largest absolute Gasteiger partial charge is 0.364 e. The topological polar surface area (TPSA) is 78.3 Å². The van der Waals surface area contributed by atoms with Crippen LogP contribution < -0.4 is 15.9 Å². The Morgan fingerprint density at radius 1 is 1.56 bits per heavy atom. The first kappa shape index (κ1) is 11.2. The molecule has 3 rings (SSSR count). The molecular formula is C11H16N6O. The summed E-state index contributed by atoms with van der Waals surface area (Å²) in [6.45, 7) is 1.79. The molecule has 2 aromatic heterocycles. The molecule has 0 unspecified atom stereocenters. The molecule has 1 fully saturated rings. The van der Waals surface area contributed by atoms with E-state index in [4.69, 9.17) is 0 Å². The maximum atomic E-state index is 11.4. The molecule has 0 amide bonds. The van der Waals surface area contributed by atoms with Crippen LogP contribution in [0, 0.1) is 0 Å². The van der Waals surface area contributed by atoms with Crippen molar-refractivity contribution in [3.05, 3.63) is 22.6 Å². The van der Waals surface area contributed by atoms with Crippen molar-refractivity contribution >= 4 is 11.5 Å². The van der Waals surface area contributed by atoms with Crippen LogP contribution in [-0.2, 0) is 0 Å². The van der Waals surface area contributed by atoms with Crippen molar-refractivity contribution in [3.63, 3.8) is 0 Å². The number of hydrogen-bond donors (Lipinski definition) is 2. The molecule has 0 bridgehead atoms. The minimum atomic E-state index is -0.309. The van der Waals surface area contributed by atoms with Gasteiger partial charge in [0.2, 0.25) is 0 Å². The predicted octanol–water partition coefficient (Wildman–Crippen LogP) is -0.394. The van der Waals surface area contributed by atoms with E-state index in [9.17, 15) is 4.79 Å². The molecule has 1 aliphatic rings. The average molecular weight is 248 g/mol. The maximum absolute atomic E-state index is 11.4. The Bertz CT molecular complexity index is 599. The number of fused-ring (bicyclic) bond motifs is 1. The van der Waals surface area contributed by atoms with Gasteiger partial charge in [-0.25, -0.2) is 9.89 Å². The zero-order valence-electron chi connectivity index (χ0n) is 10.3. The zero-order valence-corrected chi connectivity index (χ0v) is 10.3. The first-order valence-electron chi connectivity index (χ1n) is 6.13. The van der Waals surface area contributed by atoms with Gasteiger partial charge in [0.05, 0.1) is 0 Å². The van der Waals surface area contributed by atoms with Crippen molar-refractivity contribution in [2.45, 2.75) is 18.9 Å². The van der Waals surface area contributed by atoms with Gasteiger partial charge in [-0.1, -0.05) is 0 Å². The number of aromatic nitrogens is 4. The highest BCUT2D eigenvalue weighted by Gasteiger charge is 2.19. The summed E-state index contributed by atoms with van der Waals surface area (Å²) in [4.78, 5) is 13.4. The molecule has 0 radical (unpaired) electrons. The number of nitrogens with zero attached hydrogens (tertiary/aromatic N) is 4. The highest BCUT2D eigenvalue weighted by Crippen LogP contribution is 2.18. The van der Waals surface area contributed by atoms with Gasteiger partial charge in [-0.05, 0) is 25.0 Å². The van der Waals surface area contributed by atoms with Gasteiger partial charge >= 0.3 is 5.69 Å². The van der Waals surface area contributed by atoms with Gasteiger partial charge in [0.15, 0.2) is 5.65 Å². The second kappa shape index (κ2) is 4.41. The third-order valence-corrected chi connectivity index (χ3v) is 3.11. The summed E-state index contributed by atoms with van der Waals surface area (Å²) < 4.78 is 1.28. The summed E-state index contributed by atoms with van der Waals surface area (Å²) in [5, 5.41) is 13.9. The number of likely N-dealkylation sites (N-methyl/N-ethyl adjacent to an activating group) is 1. The molecule has 7 nitrogen and oxygen atoms in total. The van der Waals surface area contributed by atoms with E-state index in [1.807, 2.05) is 18.0 Å². The predicted molar refractivity (Wildman–Crippen MR) is 67.9 cm³/mol. The maximum Gasteiger partial charge on any atom is 0.364 e. The smallest absolute Gasteiger partial charge is 0.357 e. The second-order valence-electron chi connectivity index (χ2n) is 4.64. The standard InChI is InChI=1S/C11H16N6O/c1-16(7-6-12-8-2-3-8)10-5-4-9-13-14-11(18)17(9)15-10/h4-5,8,12H,2-3,6-7H2,1H3,(H,14,18). The summed E-state index contributed by atoms with van der Waals surface area (Å²) in [7, 11) is 1.97. The van der Waals surface area contributed by atoms with Crippen LogP contribution in [0.15, 0.2) is 16.9 Å². The fraction of sp³-hybridized carbons (Fsp3) is 0.545. The van der Waals surface area contributed by atoms with E-state index in [1.165, 1.54) is 17.4 Å². The monoisotopic (exact) mass is 248 g/mol. The molecule has 7 heteroatoms. The highest BCUT2D eigenvalue weighted by atomic mass is 16.2. The quantitative estimate of drug-likeness (QED) is 0.753. The van der Waals surface area contributed by atoms with E-state index >= 15 is 0 Å². The lowest BCUT2D eigenvalue weighted by molar-refractivity contribution is 0.669. The van der Waals surface area contributed by atoms with Gasteiger partial charge < -0.3 is 10.2 Å². The van der Waals surface area contributed by atoms with Crippen molar-refractivity contribution in [1.29, 1.82) is 0 Å². The molecule has 0 atom stereocenters. The van der Waals surface area contributed by atoms with Crippen molar-refractivity contribution in [2.24, 2.45) is 0 Å². The lowest BCUT2D eigenvalue weighted by atomic mass is 10.4. The second-order valence-corrected chi connectivity index (χ2v) is 4.64. The molecule has 18 heavy (non-hydrogen) atoms. The minimum absolute atomic E-state index is 0.309. The molecule has 96 valence electrons. The number of aromatic amines is 1. The van der Waals surface area contributed by atoms with Crippen LogP contribution in [0.25, 0.3) is 5.65 Å². The van der Waals surface area contributed by atoms with E-state index in [0.29, 0.717) is 11.7 Å². The summed E-state index contributed by atoms with van der Waals surface area (Å²) in [5.74, 6) is 0.767.